The summed E-state index contributed by atoms with van der Waals surface area (Å²) in [5.41, 5.74) is 1.34. The smallest absolute Gasteiger partial charge is 0.363 e. The number of carbonyl (C=O) groups excluding carboxylic acids is 1. The third-order valence-corrected chi connectivity index (χ3v) is 5.54. The molecule has 28 heavy (non-hydrogen) atoms. The monoisotopic (exact) mass is 383 g/mol. The van der Waals surface area contributed by atoms with Gasteiger partial charge in [-0.1, -0.05) is 70.4 Å². The summed E-state index contributed by atoms with van der Waals surface area (Å²) in [6.45, 7) is 2.99. The fourth-order valence-corrected chi connectivity index (χ4v) is 3.84. The van der Waals surface area contributed by atoms with E-state index in [-0.39, 0.29) is 5.97 Å². The summed E-state index contributed by atoms with van der Waals surface area (Å²) in [7, 11) is 0. The van der Waals surface area contributed by atoms with Crippen molar-refractivity contribution >= 4 is 17.9 Å². The van der Waals surface area contributed by atoms with E-state index in [9.17, 15) is 4.79 Å². The molecule has 1 aliphatic heterocycles. The molecule has 3 rings (SSSR count). The number of hydrogen-bond donors (Lipinski definition) is 0. The molecule has 4 heteroatoms. The maximum atomic E-state index is 12.1. The maximum absolute atomic E-state index is 12.1. The van der Waals surface area contributed by atoms with Crippen molar-refractivity contribution in [2.45, 2.75) is 77.6 Å². The van der Waals surface area contributed by atoms with Gasteiger partial charge in [-0.2, -0.15) is 0 Å². The molecule has 0 bridgehead atoms. The van der Waals surface area contributed by atoms with Crippen LogP contribution in [0.2, 0.25) is 0 Å². The van der Waals surface area contributed by atoms with Crippen molar-refractivity contribution in [3.8, 4) is 5.75 Å². The average molecular weight is 384 g/mol. The molecule has 1 aromatic carbocycles. The number of hydrogen-bond acceptors (Lipinski definition) is 4. The zero-order valence-corrected chi connectivity index (χ0v) is 17.1. The Kier molecular flexibility index (Phi) is 8.13. The number of unbranched alkanes of at least 4 members (excludes halogenated alkanes) is 5. The second kappa shape index (κ2) is 11.0. The van der Waals surface area contributed by atoms with Crippen LogP contribution in [0.5, 0.6) is 5.75 Å². The predicted molar refractivity (Wildman–Crippen MR) is 113 cm³/mol. The third-order valence-electron chi connectivity index (χ3n) is 5.54. The van der Waals surface area contributed by atoms with Gasteiger partial charge in [0.15, 0.2) is 5.70 Å². The highest BCUT2D eigenvalue weighted by Gasteiger charge is 2.30. The molecule has 0 atom stereocenters. The van der Waals surface area contributed by atoms with E-state index >= 15 is 0 Å². The van der Waals surface area contributed by atoms with Crippen LogP contribution in [-0.2, 0) is 9.53 Å². The summed E-state index contributed by atoms with van der Waals surface area (Å²) in [6.07, 6.45) is 15.2. The van der Waals surface area contributed by atoms with Crippen molar-refractivity contribution in [1.82, 2.24) is 0 Å². The van der Waals surface area contributed by atoms with Crippen molar-refractivity contribution in [2.24, 2.45) is 10.9 Å². The van der Waals surface area contributed by atoms with Gasteiger partial charge in [0, 0.05) is 5.92 Å². The first-order valence-electron chi connectivity index (χ1n) is 11.0. The Balaban J connectivity index is 1.48. The highest BCUT2D eigenvalue weighted by molar-refractivity contribution is 6.07. The second-order valence-electron chi connectivity index (χ2n) is 7.89. The van der Waals surface area contributed by atoms with Crippen LogP contribution in [0.25, 0.3) is 6.08 Å². The van der Waals surface area contributed by atoms with Gasteiger partial charge in [0.2, 0.25) is 5.90 Å². The minimum absolute atomic E-state index is 0.307. The molecule has 1 aliphatic carbocycles. The Hall–Kier alpha value is -2.10. The molecule has 2 aliphatic rings. The van der Waals surface area contributed by atoms with Crippen LogP contribution >= 0.6 is 0 Å². The molecule has 0 unspecified atom stereocenters. The van der Waals surface area contributed by atoms with Crippen LogP contribution in [0.3, 0.4) is 0 Å². The number of benzene rings is 1. The number of esters is 1. The highest BCUT2D eigenvalue weighted by atomic mass is 16.6. The number of nitrogens with zero attached hydrogens (tertiary/aromatic N) is 1. The molecule has 1 aromatic rings. The molecule has 1 fully saturated rings. The normalized spacial score (nSPS) is 19.0. The largest absolute Gasteiger partial charge is 0.494 e. The number of carbonyl (C=O) groups is 1. The molecule has 0 N–H and O–H groups in total. The summed E-state index contributed by atoms with van der Waals surface area (Å²) >= 11 is 0. The lowest BCUT2D eigenvalue weighted by Gasteiger charge is -2.19. The van der Waals surface area contributed by atoms with E-state index in [0.29, 0.717) is 17.5 Å². The highest BCUT2D eigenvalue weighted by Crippen LogP contribution is 2.29. The van der Waals surface area contributed by atoms with Crippen molar-refractivity contribution in [3.63, 3.8) is 0 Å². The number of rotatable bonds is 10. The van der Waals surface area contributed by atoms with E-state index in [1.165, 1.54) is 51.4 Å². The van der Waals surface area contributed by atoms with Gasteiger partial charge >= 0.3 is 5.97 Å². The van der Waals surface area contributed by atoms with E-state index in [0.717, 1.165) is 37.2 Å². The van der Waals surface area contributed by atoms with Gasteiger partial charge in [-0.25, -0.2) is 9.79 Å². The van der Waals surface area contributed by atoms with Crippen molar-refractivity contribution < 1.29 is 14.3 Å². The average Bonchev–Trinajstić information content (AvgIpc) is 3.09. The molecule has 152 valence electrons. The lowest BCUT2D eigenvalue weighted by molar-refractivity contribution is -0.130. The van der Waals surface area contributed by atoms with Crippen molar-refractivity contribution in [2.75, 3.05) is 6.61 Å². The van der Waals surface area contributed by atoms with E-state index in [1.54, 1.807) is 6.08 Å². The molecule has 1 heterocycles. The van der Waals surface area contributed by atoms with Gasteiger partial charge in [-0.15, -0.1) is 0 Å². The standard InChI is InChI=1S/C24H33NO3/c1-2-3-4-5-6-10-17-27-21-15-13-19(14-16-21)18-22-24(26)28-23(25-22)20-11-8-7-9-12-20/h13-16,18,20H,2-12,17H2,1H3. The minimum Gasteiger partial charge on any atom is -0.494 e. The summed E-state index contributed by atoms with van der Waals surface area (Å²) in [4.78, 5) is 16.6. The fraction of sp³-hybridized carbons (Fsp3) is 0.583. The topological polar surface area (TPSA) is 47.9 Å². The van der Waals surface area contributed by atoms with Gasteiger partial charge in [-0.3, -0.25) is 0 Å². The summed E-state index contributed by atoms with van der Waals surface area (Å²) in [5.74, 6) is 1.47. The van der Waals surface area contributed by atoms with Crippen LogP contribution in [0, 0.1) is 5.92 Å². The second-order valence-corrected chi connectivity index (χ2v) is 7.89. The molecule has 1 saturated carbocycles. The lowest BCUT2D eigenvalue weighted by atomic mass is 9.89. The number of ether oxygens (including phenoxy) is 2. The molecule has 0 saturated heterocycles. The number of aliphatic imine (C=N–C) groups is 1. The van der Waals surface area contributed by atoms with E-state index in [1.807, 2.05) is 24.3 Å². The molecule has 0 amide bonds. The molecular formula is C24H33NO3. The first-order chi connectivity index (χ1) is 13.8. The Morgan fingerprint density at radius 2 is 1.75 bits per heavy atom. The summed E-state index contributed by atoms with van der Waals surface area (Å²) < 4.78 is 11.2. The first kappa shape index (κ1) is 20.6. The minimum atomic E-state index is -0.330. The van der Waals surface area contributed by atoms with Gasteiger partial charge in [0.1, 0.15) is 5.75 Å². The predicted octanol–water partition coefficient (Wildman–Crippen LogP) is 6.30. The Labute approximate surface area is 169 Å². The quantitative estimate of drug-likeness (QED) is 0.270. The van der Waals surface area contributed by atoms with Gasteiger partial charge in [0.05, 0.1) is 6.61 Å². The molecule has 4 nitrogen and oxygen atoms in total. The van der Waals surface area contributed by atoms with Crippen molar-refractivity contribution in [1.29, 1.82) is 0 Å². The van der Waals surface area contributed by atoms with Crippen LogP contribution in [0.4, 0.5) is 0 Å². The van der Waals surface area contributed by atoms with E-state index in [2.05, 4.69) is 11.9 Å². The lowest BCUT2D eigenvalue weighted by Crippen LogP contribution is -2.19. The van der Waals surface area contributed by atoms with E-state index in [4.69, 9.17) is 9.47 Å². The SMILES string of the molecule is CCCCCCCCOc1ccc(C=C2N=C(C3CCCCC3)OC2=O)cc1. The van der Waals surface area contributed by atoms with Crippen LogP contribution < -0.4 is 4.74 Å². The summed E-state index contributed by atoms with van der Waals surface area (Å²) in [6, 6.07) is 7.83. The van der Waals surface area contributed by atoms with Crippen LogP contribution in [0.15, 0.2) is 35.0 Å². The fourth-order valence-electron chi connectivity index (χ4n) is 3.84. The van der Waals surface area contributed by atoms with Gasteiger partial charge in [-0.05, 0) is 43.0 Å². The van der Waals surface area contributed by atoms with Crippen LogP contribution in [-0.4, -0.2) is 18.5 Å². The van der Waals surface area contributed by atoms with E-state index < -0.39 is 0 Å². The first-order valence-corrected chi connectivity index (χ1v) is 11.0. The Morgan fingerprint density at radius 3 is 2.50 bits per heavy atom. The molecule has 0 spiro atoms. The maximum Gasteiger partial charge on any atom is 0.363 e. The Morgan fingerprint density at radius 1 is 1.04 bits per heavy atom. The number of cyclic esters (lactones) is 1. The van der Waals surface area contributed by atoms with Gasteiger partial charge in [0.25, 0.3) is 0 Å². The zero-order chi connectivity index (χ0) is 19.6. The summed E-state index contributed by atoms with van der Waals surface area (Å²) in [5, 5.41) is 0. The third kappa shape index (κ3) is 6.22. The van der Waals surface area contributed by atoms with Gasteiger partial charge < -0.3 is 9.47 Å². The zero-order valence-electron chi connectivity index (χ0n) is 17.1. The molecule has 0 radical (unpaired) electrons. The van der Waals surface area contributed by atoms with Crippen molar-refractivity contribution in [3.05, 3.63) is 35.5 Å². The Bertz CT molecular complexity index is 684. The molecular weight excluding hydrogens is 350 g/mol. The van der Waals surface area contributed by atoms with Crippen LogP contribution in [0.1, 0.15) is 83.1 Å². The molecule has 0 aromatic heterocycles.